The summed E-state index contributed by atoms with van der Waals surface area (Å²) in [6, 6.07) is 2.05. The summed E-state index contributed by atoms with van der Waals surface area (Å²) in [5, 5.41) is 3.46. The predicted octanol–water partition coefficient (Wildman–Crippen LogP) is 2.39. The quantitative estimate of drug-likeness (QED) is 0.811. The van der Waals surface area contributed by atoms with Gasteiger partial charge in [-0.1, -0.05) is 13.8 Å². The molecule has 5 heteroatoms. The molecule has 116 valence electrons. The van der Waals surface area contributed by atoms with Crippen molar-refractivity contribution in [1.82, 2.24) is 19.8 Å². The van der Waals surface area contributed by atoms with Crippen LogP contribution in [-0.4, -0.2) is 28.0 Å². The SMILES string of the molecule is CC(C)CNCc1ccoc1CN(C)Cc1nccn1C. The van der Waals surface area contributed by atoms with Crippen LogP contribution >= 0.6 is 0 Å². The average molecular weight is 290 g/mol. The average Bonchev–Trinajstić information content (AvgIpc) is 3.00. The first kappa shape index (κ1) is 15.8. The van der Waals surface area contributed by atoms with Gasteiger partial charge in [0, 0.05) is 31.5 Å². The van der Waals surface area contributed by atoms with Gasteiger partial charge >= 0.3 is 0 Å². The third kappa shape index (κ3) is 4.72. The van der Waals surface area contributed by atoms with Gasteiger partial charge in [-0.25, -0.2) is 4.98 Å². The Morgan fingerprint density at radius 3 is 2.86 bits per heavy atom. The van der Waals surface area contributed by atoms with Crippen LogP contribution in [0.3, 0.4) is 0 Å². The molecule has 2 heterocycles. The highest BCUT2D eigenvalue weighted by molar-refractivity contribution is 5.16. The van der Waals surface area contributed by atoms with Crippen molar-refractivity contribution in [3.8, 4) is 0 Å². The summed E-state index contributed by atoms with van der Waals surface area (Å²) in [6.45, 7) is 7.91. The molecule has 2 aromatic rings. The van der Waals surface area contributed by atoms with E-state index in [1.165, 1.54) is 5.56 Å². The Morgan fingerprint density at radius 2 is 2.19 bits per heavy atom. The Morgan fingerprint density at radius 1 is 1.38 bits per heavy atom. The first-order valence-electron chi connectivity index (χ1n) is 7.47. The van der Waals surface area contributed by atoms with E-state index in [9.17, 15) is 0 Å². The van der Waals surface area contributed by atoms with Crippen LogP contribution in [0.5, 0.6) is 0 Å². The summed E-state index contributed by atoms with van der Waals surface area (Å²) in [4.78, 5) is 6.57. The molecule has 0 amide bonds. The molecule has 0 aliphatic rings. The van der Waals surface area contributed by atoms with Crippen LogP contribution in [0, 0.1) is 5.92 Å². The van der Waals surface area contributed by atoms with E-state index in [1.807, 2.05) is 24.0 Å². The molecule has 2 rings (SSSR count). The summed E-state index contributed by atoms with van der Waals surface area (Å²) < 4.78 is 7.68. The molecule has 2 aromatic heterocycles. The summed E-state index contributed by atoms with van der Waals surface area (Å²) in [7, 11) is 4.10. The minimum atomic E-state index is 0.659. The molecule has 0 fully saturated rings. The monoisotopic (exact) mass is 290 g/mol. The second kappa shape index (κ2) is 7.43. The van der Waals surface area contributed by atoms with E-state index < -0.39 is 0 Å². The van der Waals surface area contributed by atoms with Crippen molar-refractivity contribution in [2.24, 2.45) is 13.0 Å². The van der Waals surface area contributed by atoms with Crippen LogP contribution in [-0.2, 0) is 26.7 Å². The molecular weight excluding hydrogens is 264 g/mol. The Hall–Kier alpha value is -1.59. The zero-order valence-corrected chi connectivity index (χ0v) is 13.5. The van der Waals surface area contributed by atoms with Crippen LogP contribution in [0.1, 0.15) is 31.0 Å². The molecule has 0 radical (unpaired) electrons. The van der Waals surface area contributed by atoms with Crippen LogP contribution in [0.4, 0.5) is 0 Å². The van der Waals surface area contributed by atoms with Gasteiger partial charge in [-0.15, -0.1) is 0 Å². The highest BCUT2D eigenvalue weighted by Gasteiger charge is 2.11. The van der Waals surface area contributed by atoms with Gasteiger partial charge in [-0.2, -0.15) is 0 Å². The Bertz CT molecular complexity index is 544. The molecule has 1 N–H and O–H groups in total. The molecule has 0 saturated heterocycles. The lowest BCUT2D eigenvalue weighted by atomic mass is 10.2. The first-order valence-corrected chi connectivity index (χ1v) is 7.47. The number of aromatic nitrogens is 2. The van der Waals surface area contributed by atoms with E-state index in [1.54, 1.807) is 6.26 Å². The van der Waals surface area contributed by atoms with Gasteiger partial charge in [0.15, 0.2) is 0 Å². The summed E-state index contributed by atoms with van der Waals surface area (Å²) >= 11 is 0. The molecule has 0 aliphatic heterocycles. The van der Waals surface area contributed by atoms with E-state index in [0.29, 0.717) is 5.92 Å². The fourth-order valence-corrected chi connectivity index (χ4v) is 2.25. The van der Waals surface area contributed by atoms with Crippen LogP contribution in [0.15, 0.2) is 29.1 Å². The van der Waals surface area contributed by atoms with Gasteiger partial charge in [0.2, 0.25) is 0 Å². The lowest BCUT2D eigenvalue weighted by Gasteiger charge is -2.16. The van der Waals surface area contributed by atoms with Gasteiger partial charge in [-0.3, -0.25) is 4.90 Å². The second-order valence-corrected chi connectivity index (χ2v) is 6.02. The highest BCUT2D eigenvalue weighted by atomic mass is 16.3. The largest absolute Gasteiger partial charge is 0.468 e. The smallest absolute Gasteiger partial charge is 0.122 e. The number of furan rings is 1. The number of aryl methyl sites for hydroxylation is 1. The maximum atomic E-state index is 5.63. The van der Waals surface area contributed by atoms with Gasteiger partial charge < -0.3 is 14.3 Å². The maximum Gasteiger partial charge on any atom is 0.122 e. The molecule has 0 bridgehead atoms. The molecule has 5 nitrogen and oxygen atoms in total. The molecule has 0 aliphatic carbocycles. The number of hydrogen-bond acceptors (Lipinski definition) is 4. The Kier molecular flexibility index (Phi) is 5.59. The number of nitrogens with one attached hydrogen (secondary N) is 1. The molecule has 0 spiro atoms. The van der Waals surface area contributed by atoms with Crippen LogP contribution < -0.4 is 5.32 Å². The molecule has 0 unspecified atom stereocenters. The normalized spacial score (nSPS) is 11.7. The zero-order chi connectivity index (χ0) is 15.2. The van der Waals surface area contributed by atoms with E-state index >= 15 is 0 Å². The second-order valence-electron chi connectivity index (χ2n) is 6.02. The van der Waals surface area contributed by atoms with Crippen LogP contribution in [0.25, 0.3) is 0 Å². The molecule has 0 aromatic carbocycles. The van der Waals surface area contributed by atoms with Crippen molar-refractivity contribution in [3.63, 3.8) is 0 Å². The number of rotatable bonds is 8. The number of imidazole rings is 1. The number of hydrogen-bond donors (Lipinski definition) is 1. The van der Waals surface area contributed by atoms with Crippen LogP contribution in [0.2, 0.25) is 0 Å². The zero-order valence-electron chi connectivity index (χ0n) is 13.5. The van der Waals surface area contributed by atoms with Gasteiger partial charge in [0.1, 0.15) is 11.6 Å². The topological polar surface area (TPSA) is 46.2 Å². The first-order chi connectivity index (χ1) is 10.1. The van der Waals surface area contributed by atoms with Crippen molar-refractivity contribution in [2.75, 3.05) is 13.6 Å². The predicted molar refractivity (Wildman–Crippen MR) is 83.6 cm³/mol. The van der Waals surface area contributed by atoms with Gasteiger partial charge in [0.05, 0.1) is 19.4 Å². The van der Waals surface area contributed by atoms with E-state index in [-0.39, 0.29) is 0 Å². The van der Waals surface area contributed by atoms with E-state index in [2.05, 4.69) is 42.2 Å². The minimum absolute atomic E-state index is 0.659. The van der Waals surface area contributed by atoms with E-state index in [0.717, 1.165) is 37.8 Å². The van der Waals surface area contributed by atoms with Gasteiger partial charge in [-0.05, 0) is 25.6 Å². The summed E-state index contributed by atoms with van der Waals surface area (Å²) in [6.07, 6.45) is 5.57. The fourth-order valence-electron chi connectivity index (χ4n) is 2.25. The number of nitrogens with zero attached hydrogens (tertiary/aromatic N) is 3. The summed E-state index contributed by atoms with van der Waals surface area (Å²) in [5.74, 6) is 2.75. The Labute approximate surface area is 127 Å². The lowest BCUT2D eigenvalue weighted by Crippen LogP contribution is -2.22. The van der Waals surface area contributed by atoms with E-state index in [4.69, 9.17) is 4.42 Å². The van der Waals surface area contributed by atoms with Gasteiger partial charge in [0.25, 0.3) is 0 Å². The van der Waals surface area contributed by atoms with Crippen molar-refractivity contribution >= 4 is 0 Å². The van der Waals surface area contributed by atoms with Crippen molar-refractivity contribution in [2.45, 2.75) is 33.5 Å². The third-order valence-corrected chi connectivity index (χ3v) is 3.45. The third-order valence-electron chi connectivity index (χ3n) is 3.45. The highest BCUT2D eigenvalue weighted by Crippen LogP contribution is 2.14. The lowest BCUT2D eigenvalue weighted by molar-refractivity contribution is 0.276. The Balaban J connectivity index is 1.87. The van der Waals surface area contributed by atoms with Crippen molar-refractivity contribution < 1.29 is 4.42 Å². The summed E-state index contributed by atoms with van der Waals surface area (Å²) in [5.41, 5.74) is 1.24. The molecule has 0 saturated carbocycles. The van der Waals surface area contributed by atoms with Crippen molar-refractivity contribution in [1.29, 1.82) is 0 Å². The van der Waals surface area contributed by atoms with Crippen molar-refractivity contribution in [3.05, 3.63) is 41.9 Å². The molecular formula is C16H26N4O. The fraction of sp³-hybridized carbons (Fsp3) is 0.562. The maximum absolute atomic E-state index is 5.63. The minimum Gasteiger partial charge on any atom is -0.468 e. The standard InChI is InChI=1S/C16H26N4O/c1-13(2)9-17-10-14-5-8-21-15(14)11-19(3)12-16-18-6-7-20(16)4/h5-8,13,17H,9-12H2,1-4H3. The molecule has 21 heavy (non-hydrogen) atoms. The molecule has 0 atom stereocenters.